The molecule has 1 atom stereocenters. The fourth-order valence-corrected chi connectivity index (χ4v) is 3.00. The molecular formula is C21H24FN3O3. The summed E-state index contributed by atoms with van der Waals surface area (Å²) >= 11 is 0. The summed E-state index contributed by atoms with van der Waals surface area (Å²) in [5.41, 5.74) is 1.09. The van der Waals surface area contributed by atoms with E-state index in [1.54, 1.807) is 18.2 Å². The van der Waals surface area contributed by atoms with E-state index in [4.69, 9.17) is 4.74 Å². The lowest BCUT2D eigenvalue weighted by Gasteiger charge is -2.35. The van der Waals surface area contributed by atoms with Crippen LogP contribution in [0.5, 0.6) is 5.75 Å². The third-order valence-corrected chi connectivity index (χ3v) is 4.36. The molecule has 3 rings (SSSR count). The van der Waals surface area contributed by atoms with Crippen molar-refractivity contribution in [1.82, 2.24) is 10.2 Å². The topological polar surface area (TPSA) is 70.7 Å². The van der Waals surface area contributed by atoms with Gasteiger partial charge in [-0.25, -0.2) is 9.18 Å². The molecule has 2 aromatic carbocycles. The maximum Gasteiger partial charge on any atom is 0.322 e. The Kier molecular flexibility index (Phi) is 6.13. The van der Waals surface area contributed by atoms with Crippen LogP contribution in [-0.2, 0) is 4.79 Å². The minimum atomic E-state index is -0.821. The van der Waals surface area contributed by atoms with Crippen molar-refractivity contribution in [3.8, 4) is 5.75 Å². The third kappa shape index (κ3) is 4.60. The van der Waals surface area contributed by atoms with Gasteiger partial charge in [0.05, 0.1) is 12.3 Å². The first kappa shape index (κ1) is 19.7. The standard InChI is InChI=1S/C21H24FN3O3/c1-14(2)13-28-18-6-4-3-5-17(18)24-21(27)25-12-11-23-20(26)19(25)15-7-9-16(22)10-8-15/h3-10,14,19H,11-13H2,1-2H3,(H,23,26)(H,24,27)/t19-/m1/s1. The first-order valence-corrected chi connectivity index (χ1v) is 9.28. The van der Waals surface area contributed by atoms with Gasteiger partial charge in [0.15, 0.2) is 0 Å². The van der Waals surface area contributed by atoms with Gasteiger partial charge in [0, 0.05) is 13.1 Å². The quantitative estimate of drug-likeness (QED) is 0.827. The summed E-state index contributed by atoms with van der Waals surface area (Å²) in [4.78, 5) is 26.8. The Hall–Kier alpha value is -3.09. The van der Waals surface area contributed by atoms with E-state index in [1.807, 2.05) is 19.9 Å². The number of piperazine rings is 1. The molecule has 3 amide bonds. The number of hydrogen-bond acceptors (Lipinski definition) is 3. The molecule has 0 aromatic heterocycles. The van der Waals surface area contributed by atoms with Crippen LogP contribution in [0, 0.1) is 11.7 Å². The zero-order chi connectivity index (χ0) is 20.1. The van der Waals surface area contributed by atoms with Gasteiger partial charge >= 0.3 is 6.03 Å². The minimum Gasteiger partial charge on any atom is -0.491 e. The lowest BCUT2D eigenvalue weighted by atomic mass is 10.0. The number of halogens is 1. The van der Waals surface area contributed by atoms with Crippen LogP contribution in [0.4, 0.5) is 14.9 Å². The first-order valence-electron chi connectivity index (χ1n) is 9.28. The van der Waals surface area contributed by atoms with Gasteiger partial charge in [0.1, 0.15) is 17.6 Å². The summed E-state index contributed by atoms with van der Waals surface area (Å²) < 4.78 is 19.0. The average molecular weight is 385 g/mol. The lowest BCUT2D eigenvalue weighted by Crippen LogP contribution is -2.53. The van der Waals surface area contributed by atoms with Gasteiger partial charge < -0.3 is 20.3 Å². The van der Waals surface area contributed by atoms with Crippen molar-refractivity contribution in [2.75, 3.05) is 25.0 Å². The van der Waals surface area contributed by atoms with Crippen molar-refractivity contribution in [2.45, 2.75) is 19.9 Å². The molecule has 0 aliphatic carbocycles. The van der Waals surface area contributed by atoms with Gasteiger partial charge in [0.2, 0.25) is 5.91 Å². The number of ether oxygens (including phenoxy) is 1. The number of hydrogen-bond donors (Lipinski definition) is 2. The predicted octanol–water partition coefficient (Wildman–Crippen LogP) is 3.57. The van der Waals surface area contributed by atoms with E-state index in [-0.39, 0.29) is 5.91 Å². The predicted molar refractivity (Wildman–Crippen MR) is 105 cm³/mol. The Morgan fingerprint density at radius 2 is 1.96 bits per heavy atom. The fourth-order valence-electron chi connectivity index (χ4n) is 3.00. The highest BCUT2D eigenvalue weighted by Gasteiger charge is 2.34. The molecule has 7 heteroatoms. The Morgan fingerprint density at radius 1 is 1.25 bits per heavy atom. The van der Waals surface area contributed by atoms with Crippen LogP contribution in [-0.4, -0.2) is 36.5 Å². The molecule has 2 N–H and O–H groups in total. The zero-order valence-corrected chi connectivity index (χ0v) is 15.9. The average Bonchev–Trinajstić information content (AvgIpc) is 2.68. The Balaban J connectivity index is 1.80. The molecule has 28 heavy (non-hydrogen) atoms. The molecule has 0 unspecified atom stereocenters. The number of amides is 3. The molecule has 0 bridgehead atoms. The SMILES string of the molecule is CC(C)COc1ccccc1NC(=O)N1CCNC(=O)[C@H]1c1ccc(F)cc1. The van der Waals surface area contributed by atoms with Crippen molar-refractivity contribution in [2.24, 2.45) is 5.92 Å². The van der Waals surface area contributed by atoms with E-state index in [0.717, 1.165) is 0 Å². The summed E-state index contributed by atoms with van der Waals surface area (Å²) in [7, 11) is 0. The first-order chi connectivity index (χ1) is 13.5. The van der Waals surface area contributed by atoms with Gasteiger partial charge in [-0.15, -0.1) is 0 Å². The summed E-state index contributed by atoms with van der Waals surface area (Å²) in [5.74, 6) is 0.228. The molecule has 1 fully saturated rings. The number of carbonyl (C=O) groups is 2. The Bertz CT molecular complexity index is 839. The number of urea groups is 1. The summed E-state index contributed by atoms with van der Waals surface area (Å²) in [6, 6.07) is 11.5. The molecule has 1 saturated heterocycles. The van der Waals surface area contributed by atoms with Crippen molar-refractivity contribution < 1.29 is 18.7 Å². The van der Waals surface area contributed by atoms with Crippen LogP contribution >= 0.6 is 0 Å². The highest BCUT2D eigenvalue weighted by Crippen LogP contribution is 2.28. The third-order valence-electron chi connectivity index (χ3n) is 4.36. The van der Waals surface area contributed by atoms with E-state index in [9.17, 15) is 14.0 Å². The van der Waals surface area contributed by atoms with Gasteiger partial charge in [-0.1, -0.05) is 38.1 Å². The molecule has 0 saturated carbocycles. The summed E-state index contributed by atoms with van der Waals surface area (Å²) in [6.45, 7) is 5.31. The maximum absolute atomic E-state index is 13.3. The Morgan fingerprint density at radius 3 is 2.68 bits per heavy atom. The van der Waals surface area contributed by atoms with Crippen LogP contribution in [0.2, 0.25) is 0 Å². The second-order valence-corrected chi connectivity index (χ2v) is 7.07. The van der Waals surface area contributed by atoms with E-state index < -0.39 is 17.9 Å². The van der Waals surface area contributed by atoms with Gasteiger partial charge in [-0.05, 0) is 35.7 Å². The molecule has 1 aliphatic rings. The van der Waals surface area contributed by atoms with Crippen LogP contribution in [0.3, 0.4) is 0 Å². The van der Waals surface area contributed by atoms with E-state index >= 15 is 0 Å². The number of carbonyl (C=O) groups excluding carboxylic acids is 2. The summed E-state index contributed by atoms with van der Waals surface area (Å²) in [5, 5.41) is 5.60. The van der Waals surface area contributed by atoms with E-state index in [1.165, 1.54) is 29.2 Å². The molecule has 148 valence electrons. The lowest BCUT2D eigenvalue weighted by molar-refractivity contribution is -0.127. The minimum absolute atomic E-state index is 0.294. The van der Waals surface area contributed by atoms with Crippen molar-refractivity contribution in [3.63, 3.8) is 0 Å². The molecule has 0 spiro atoms. The summed E-state index contributed by atoms with van der Waals surface area (Å²) in [6.07, 6.45) is 0. The van der Waals surface area contributed by atoms with E-state index in [2.05, 4.69) is 10.6 Å². The maximum atomic E-state index is 13.3. The van der Waals surface area contributed by atoms with Gasteiger partial charge in [-0.3, -0.25) is 4.79 Å². The zero-order valence-electron chi connectivity index (χ0n) is 15.9. The highest BCUT2D eigenvalue weighted by atomic mass is 19.1. The second-order valence-electron chi connectivity index (χ2n) is 7.07. The van der Waals surface area contributed by atoms with Gasteiger partial charge in [0.25, 0.3) is 0 Å². The number of anilines is 1. The van der Waals surface area contributed by atoms with Crippen molar-refractivity contribution in [3.05, 3.63) is 59.9 Å². The number of para-hydroxylation sites is 2. The molecule has 0 radical (unpaired) electrons. The number of nitrogens with one attached hydrogen (secondary N) is 2. The Labute approximate surface area is 163 Å². The molecule has 2 aromatic rings. The highest BCUT2D eigenvalue weighted by molar-refractivity contribution is 5.96. The van der Waals surface area contributed by atoms with Crippen LogP contribution in [0.1, 0.15) is 25.5 Å². The largest absolute Gasteiger partial charge is 0.491 e. The van der Waals surface area contributed by atoms with Crippen molar-refractivity contribution in [1.29, 1.82) is 0 Å². The van der Waals surface area contributed by atoms with Crippen LogP contribution in [0.15, 0.2) is 48.5 Å². The monoisotopic (exact) mass is 385 g/mol. The molecule has 1 heterocycles. The molecular weight excluding hydrogens is 361 g/mol. The fraction of sp³-hybridized carbons (Fsp3) is 0.333. The number of nitrogens with zero attached hydrogens (tertiary/aromatic N) is 1. The van der Waals surface area contributed by atoms with E-state index in [0.29, 0.717) is 42.6 Å². The normalized spacial score (nSPS) is 16.6. The number of benzene rings is 2. The van der Waals surface area contributed by atoms with Gasteiger partial charge in [-0.2, -0.15) is 0 Å². The molecule has 1 aliphatic heterocycles. The molecule has 6 nitrogen and oxygen atoms in total. The second kappa shape index (κ2) is 8.73. The smallest absolute Gasteiger partial charge is 0.322 e. The van der Waals surface area contributed by atoms with Crippen molar-refractivity contribution >= 4 is 17.6 Å². The number of rotatable bonds is 5. The van der Waals surface area contributed by atoms with Crippen LogP contribution < -0.4 is 15.4 Å². The van der Waals surface area contributed by atoms with Crippen LogP contribution in [0.25, 0.3) is 0 Å².